The fourth-order valence-corrected chi connectivity index (χ4v) is 2.29. The summed E-state index contributed by atoms with van der Waals surface area (Å²) in [6, 6.07) is 12.9. The molecule has 0 unspecified atom stereocenters. The van der Waals surface area contributed by atoms with Crippen molar-refractivity contribution in [3.63, 3.8) is 0 Å². The van der Waals surface area contributed by atoms with Crippen molar-refractivity contribution in [3.05, 3.63) is 60.2 Å². The van der Waals surface area contributed by atoms with Gasteiger partial charge in [0.15, 0.2) is 0 Å². The number of halogens is 2. The van der Waals surface area contributed by atoms with E-state index in [-0.39, 0.29) is 11.6 Å². The SMILES string of the molecule is Fc1ccc(NCCSc2ccccc2F)cc1. The molecular formula is C14H13F2NS. The topological polar surface area (TPSA) is 12.0 Å². The third-order valence-corrected chi connectivity index (χ3v) is 3.42. The molecule has 0 spiro atoms. The van der Waals surface area contributed by atoms with E-state index in [1.807, 2.05) is 6.07 Å². The van der Waals surface area contributed by atoms with Gasteiger partial charge in [-0.1, -0.05) is 12.1 Å². The van der Waals surface area contributed by atoms with Crippen molar-refractivity contribution in [2.45, 2.75) is 4.90 Å². The van der Waals surface area contributed by atoms with Gasteiger partial charge in [-0.3, -0.25) is 0 Å². The second-order valence-electron chi connectivity index (χ2n) is 3.71. The molecule has 0 fully saturated rings. The predicted octanol–water partition coefficient (Wildman–Crippen LogP) is 4.17. The molecule has 0 bridgehead atoms. The first-order valence-corrected chi connectivity index (χ1v) is 6.61. The summed E-state index contributed by atoms with van der Waals surface area (Å²) in [6.45, 7) is 0.699. The first-order valence-electron chi connectivity index (χ1n) is 5.62. The zero-order valence-corrected chi connectivity index (χ0v) is 10.5. The van der Waals surface area contributed by atoms with E-state index in [4.69, 9.17) is 0 Å². The van der Waals surface area contributed by atoms with Gasteiger partial charge in [0.25, 0.3) is 0 Å². The van der Waals surface area contributed by atoms with Gasteiger partial charge in [-0.15, -0.1) is 11.8 Å². The number of hydrogen-bond donors (Lipinski definition) is 1. The summed E-state index contributed by atoms with van der Waals surface area (Å²) in [4.78, 5) is 0.651. The third kappa shape index (κ3) is 3.74. The Bertz CT molecular complexity index is 499. The second-order valence-corrected chi connectivity index (χ2v) is 4.85. The van der Waals surface area contributed by atoms with Gasteiger partial charge >= 0.3 is 0 Å². The molecule has 18 heavy (non-hydrogen) atoms. The zero-order valence-electron chi connectivity index (χ0n) is 9.70. The van der Waals surface area contributed by atoms with E-state index in [1.54, 1.807) is 24.3 Å². The molecule has 4 heteroatoms. The highest BCUT2D eigenvalue weighted by Gasteiger charge is 2.00. The van der Waals surface area contributed by atoms with Crippen LogP contribution in [0.1, 0.15) is 0 Å². The number of rotatable bonds is 5. The summed E-state index contributed by atoms with van der Waals surface area (Å²) in [5.41, 5.74) is 0.866. The maximum Gasteiger partial charge on any atom is 0.136 e. The molecule has 0 saturated carbocycles. The van der Waals surface area contributed by atoms with Crippen LogP contribution in [0.25, 0.3) is 0 Å². The minimum atomic E-state index is -0.249. The van der Waals surface area contributed by atoms with Crippen molar-refractivity contribution in [2.75, 3.05) is 17.6 Å². The van der Waals surface area contributed by atoms with Gasteiger partial charge in [-0.05, 0) is 36.4 Å². The molecule has 0 saturated heterocycles. The van der Waals surface area contributed by atoms with Crippen molar-refractivity contribution in [1.82, 2.24) is 0 Å². The van der Waals surface area contributed by atoms with Crippen LogP contribution in [-0.4, -0.2) is 12.3 Å². The summed E-state index contributed by atoms with van der Waals surface area (Å²) in [7, 11) is 0. The molecule has 94 valence electrons. The molecule has 2 aromatic carbocycles. The van der Waals surface area contributed by atoms with E-state index in [2.05, 4.69) is 5.32 Å². The summed E-state index contributed by atoms with van der Waals surface area (Å²) in [5, 5.41) is 3.15. The van der Waals surface area contributed by atoms with Crippen LogP contribution in [0.2, 0.25) is 0 Å². The van der Waals surface area contributed by atoms with Crippen molar-refractivity contribution in [3.8, 4) is 0 Å². The molecule has 0 aromatic heterocycles. The van der Waals surface area contributed by atoms with Gasteiger partial charge in [0, 0.05) is 22.9 Å². The number of thioether (sulfide) groups is 1. The monoisotopic (exact) mass is 265 g/mol. The van der Waals surface area contributed by atoms with Crippen LogP contribution in [0.5, 0.6) is 0 Å². The van der Waals surface area contributed by atoms with Gasteiger partial charge in [-0.25, -0.2) is 8.78 Å². The van der Waals surface area contributed by atoms with Crippen molar-refractivity contribution < 1.29 is 8.78 Å². The van der Waals surface area contributed by atoms with Crippen LogP contribution in [-0.2, 0) is 0 Å². The van der Waals surface area contributed by atoms with E-state index < -0.39 is 0 Å². The number of nitrogens with one attached hydrogen (secondary N) is 1. The highest BCUT2D eigenvalue weighted by molar-refractivity contribution is 7.99. The Labute approximate surface area is 109 Å². The Morgan fingerprint density at radius 1 is 0.944 bits per heavy atom. The molecular weight excluding hydrogens is 252 g/mol. The van der Waals surface area contributed by atoms with E-state index >= 15 is 0 Å². The van der Waals surface area contributed by atoms with Crippen molar-refractivity contribution in [1.29, 1.82) is 0 Å². The summed E-state index contributed by atoms with van der Waals surface area (Å²) < 4.78 is 26.0. The first-order chi connectivity index (χ1) is 8.75. The average Bonchev–Trinajstić information content (AvgIpc) is 2.39. The fourth-order valence-electron chi connectivity index (χ4n) is 1.49. The normalized spacial score (nSPS) is 10.3. The van der Waals surface area contributed by atoms with Gasteiger partial charge in [0.1, 0.15) is 11.6 Å². The summed E-state index contributed by atoms with van der Waals surface area (Å²) >= 11 is 1.46. The quantitative estimate of drug-likeness (QED) is 0.643. The van der Waals surface area contributed by atoms with Crippen molar-refractivity contribution in [2.24, 2.45) is 0 Å². The molecule has 0 aliphatic heterocycles. The van der Waals surface area contributed by atoms with Crippen molar-refractivity contribution >= 4 is 17.4 Å². The Morgan fingerprint density at radius 3 is 2.39 bits per heavy atom. The zero-order chi connectivity index (χ0) is 12.8. The number of benzene rings is 2. The third-order valence-electron chi connectivity index (χ3n) is 2.37. The van der Waals surface area contributed by atoms with Gasteiger partial charge in [-0.2, -0.15) is 0 Å². The maximum absolute atomic E-state index is 13.3. The lowest BCUT2D eigenvalue weighted by Crippen LogP contribution is -2.04. The van der Waals surface area contributed by atoms with Crippen LogP contribution < -0.4 is 5.32 Å². The Balaban J connectivity index is 1.76. The molecule has 0 radical (unpaired) electrons. The van der Waals surface area contributed by atoms with E-state index in [0.717, 1.165) is 11.4 Å². The second kappa shape index (κ2) is 6.40. The van der Waals surface area contributed by atoms with Crippen LogP contribution in [0.3, 0.4) is 0 Å². The van der Waals surface area contributed by atoms with Crippen LogP contribution >= 0.6 is 11.8 Å². The van der Waals surface area contributed by atoms with Crippen LogP contribution in [0.4, 0.5) is 14.5 Å². The molecule has 1 N–H and O–H groups in total. The van der Waals surface area contributed by atoms with Gasteiger partial charge < -0.3 is 5.32 Å². The largest absolute Gasteiger partial charge is 0.384 e. The molecule has 0 amide bonds. The Morgan fingerprint density at radius 2 is 1.67 bits per heavy atom. The van der Waals surface area contributed by atoms with E-state index in [0.29, 0.717) is 11.4 Å². The average molecular weight is 265 g/mol. The molecule has 0 atom stereocenters. The molecule has 0 aliphatic carbocycles. The van der Waals surface area contributed by atoms with E-state index in [9.17, 15) is 8.78 Å². The summed E-state index contributed by atoms with van der Waals surface area (Å²) in [6.07, 6.45) is 0. The predicted molar refractivity (Wildman–Crippen MR) is 72.0 cm³/mol. The molecule has 1 nitrogen and oxygen atoms in total. The summed E-state index contributed by atoms with van der Waals surface area (Å²) in [5.74, 6) is 0.309. The lowest BCUT2D eigenvalue weighted by molar-refractivity contribution is 0.602. The maximum atomic E-state index is 13.3. The van der Waals surface area contributed by atoms with E-state index in [1.165, 1.54) is 30.0 Å². The Hall–Kier alpha value is -1.55. The van der Waals surface area contributed by atoms with Crippen LogP contribution in [0.15, 0.2) is 53.4 Å². The fraction of sp³-hybridized carbons (Fsp3) is 0.143. The number of anilines is 1. The highest BCUT2D eigenvalue weighted by atomic mass is 32.2. The minimum Gasteiger partial charge on any atom is -0.384 e. The van der Waals surface area contributed by atoms with Crippen LogP contribution in [0, 0.1) is 11.6 Å². The molecule has 0 aliphatic rings. The highest BCUT2D eigenvalue weighted by Crippen LogP contribution is 2.20. The smallest absolute Gasteiger partial charge is 0.136 e. The standard InChI is InChI=1S/C14H13F2NS/c15-11-5-7-12(8-6-11)17-9-10-18-14-4-2-1-3-13(14)16/h1-8,17H,9-10H2. The molecule has 2 rings (SSSR count). The molecule has 2 aromatic rings. The van der Waals surface area contributed by atoms with Gasteiger partial charge in [0.05, 0.1) is 0 Å². The van der Waals surface area contributed by atoms with Gasteiger partial charge in [0.2, 0.25) is 0 Å². The molecule has 0 heterocycles. The minimum absolute atomic E-state index is 0.190. The lowest BCUT2D eigenvalue weighted by Gasteiger charge is -2.06. The Kier molecular flexibility index (Phi) is 4.59. The number of hydrogen-bond acceptors (Lipinski definition) is 2. The first kappa shape index (κ1) is 12.9. The lowest BCUT2D eigenvalue weighted by atomic mass is 10.3.